The number of likely N-dealkylation sites (tertiary alicyclic amines) is 1. The van der Waals surface area contributed by atoms with Crippen LogP contribution in [0.5, 0.6) is 0 Å². The van der Waals surface area contributed by atoms with Crippen LogP contribution in [0.15, 0.2) is 48.5 Å². The van der Waals surface area contributed by atoms with Crippen molar-refractivity contribution in [3.05, 3.63) is 69.7 Å². The molecule has 0 saturated carbocycles. The Bertz CT molecular complexity index is 715. The first kappa shape index (κ1) is 16.4. The van der Waals surface area contributed by atoms with Crippen LogP contribution in [-0.4, -0.2) is 24.5 Å². The van der Waals surface area contributed by atoms with Crippen LogP contribution >= 0.6 is 23.2 Å². The molecule has 1 unspecified atom stereocenters. The number of nitrogens with zero attached hydrogens (tertiary/aromatic N) is 1. The van der Waals surface area contributed by atoms with Crippen LogP contribution in [0.4, 0.5) is 0 Å². The monoisotopic (exact) mass is 343 g/mol. The van der Waals surface area contributed by atoms with Crippen LogP contribution in [0.2, 0.25) is 10.0 Å². The Morgan fingerprint density at radius 3 is 2.65 bits per heavy atom. The van der Waals surface area contributed by atoms with Crippen molar-refractivity contribution < 1.29 is 0 Å². The van der Waals surface area contributed by atoms with E-state index in [0.717, 1.165) is 25.2 Å². The Balaban J connectivity index is 1.60. The summed E-state index contributed by atoms with van der Waals surface area (Å²) in [5.41, 5.74) is 2.35. The molecule has 1 aliphatic heterocycles. The Hall–Kier alpha value is -1.46. The Labute approximate surface area is 148 Å². The fraction of sp³-hybridized carbons (Fsp3) is 0.300. The number of piperidine rings is 1. The third-order valence-electron chi connectivity index (χ3n) is 4.23. The molecule has 118 valence electrons. The van der Waals surface area contributed by atoms with Crippen molar-refractivity contribution in [3.63, 3.8) is 0 Å². The summed E-state index contributed by atoms with van der Waals surface area (Å²) in [5, 5.41) is 1.12. The number of hydrogen-bond donors (Lipinski definition) is 0. The normalized spacial score (nSPS) is 18.3. The summed E-state index contributed by atoms with van der Waals surface area (Å²) in [6.07, 6.45) is 2.49. The molecule has 3 heteroatoms. The highest BCUT2D eigenvalue weighted by Gasteiger charge is 2.20. The van der Waals surface area contributed by atoms with Gasteiger partial charge in [0, 0.05) is 12.1 Å². The van der Waals surface area contributed by atoms with Gasteiger partial charge in [0.05, 0.1) is 16.6 Å². The Morgan fingerprint density at radius 2 is 1.87 bits per heavy atom. The zero-order chi connectivity index (χ0) is 16.1. The average molecular weight is 344 g/mol. The molecule has 23 heavy (non-hydrogen) atoms. The van der Waals surface area contributed by atoms with Gasteiger partial charge >= 0.3 is 0 Å². The van der Waals surface area contributed by atoms with Crippen molar-refractivity contribution in [1.82, 2.24) is 4.90 Å². The highest BCUT2D eigenvalue weighted by molar-refractivity contribution is 6.42. The second-order valence-corrected chi connectivity index (χ2v) is 6.73. The SMILES string of the molecule is Clc1ccc(C#CCN2CCCC(c3ccccc3)C2)cc1Cl. The Kier molecular flexibility index (Phi) is 5.62. The van der Waals surface area contributed by atoms with E-state index in [4.69, 9.17) is 23.2 Å². The van der Waals surface area contributed by atoms with E-state index in [1.165, 1.54) is 18.4 Å². The molecular formula is C20H19Cl2N. The topological polar surface area (TPSA) is 3.24 Å². The molecular weight excluding hydrogens is 325 g/mol. The zero-order valence-corrected chi connectivity index (χ0v) is 14.4. The van der Waals surface area contributed by atoms with Gasteiger partial charge in [-0.25, -0.2) is 0 Å². The van der Waals surface area contributed by atoms with E-state index in [1.807, 2.05) is 12.1 Å². The summed E-state index contributed by atoms with van der Waals surface area (Å²) in [6.45, 7) is 3.00. The molecule has 1 heterocycles. The van der Waals surface area contributed by atoms with Crippen molar-refractivity contribution in [2.45, 2.75) is 18.8 Å². The minimum absolute atomic E-state index is 0.556. The molecule has 0 spiro atoms. The van der Waals surface area contributed by atoms with Gasteiger partial charge in [0.25, 0.3) is 0 Å². The molecule has 0 amide bonds. The molecule has 1 saturated heterocycles. The summed E-state index contributed by atoms with van der Waals surface area (Å²) >= 11 is 11.9. The predicted molar refractivity (Wildman–Crippen MR) is 98.2 cm³/mol. The number of hydrogen-bond acceptors (Lipinski definition) is 1. The molecule has 2 aromatic rings. The zero-order valence-electron chi connectivity index (χ0n) is 12.9. The fourth-order valence-electron chi connectivity index (χ4n) is 3.02. The molecule has 1 aliphatic rings. The first-order valence-electron chi connectivity index (χ1n) is 7.93. The smallest absolute Gasteiger partial charge is 0.0605 e. The van der Waals surface area contributed by atoms with Crippen LogP contribution in [0.3, 0.4) is 0 Å². The van der Waals surface area contributed by atoms with E-state index in [0.29, 0.717) is 16.0 Å². The minimum atomic E-state index is 0.556. The van der Waals surface area contributed by atoms with Gasteiger partial charge < -0.3 is 0 Å². The van der Waals surface area contributed by atoms with Gasteiger partial charge in [-0.1, -0.05) is 65.4 Å². The summed E-state index contributed by atoms with van der Waals surface area (Å²) in [6, 6.07) is 16.3. The lowest BCUT2D eigenvalue weighted by atomic mass is 9.91. The maximum atomic E-state index is 6.02. The molecule has 0 N–H and O–H groups in total. The van der Waals surface area contributed by atoms with Gasteiger partial charge in [0.1, 0.15) is 0 Å². The lowest BCUT2D eigenvalue weighted by molar-refractivity contribution is 0.231. The summed E-state index contributed by atoms with van der Waals surface area (Å²) in [4.78, 5) is 2.44. The molecule has 3 rings (SSSR count). The van der Waals surface area contributed by atoms with Crippen LogP contribution in [-0.2, 0) is 0 Å². The molecule has 1 nitrogen and oxygen atoms in total. The van der Waals surface area contributed by atoms with E-state index in [1.54, 1.807) is 6.07 Å². The number of halogens is 2. The summed E-state index contributed by atoms with van der Waals surface area (Å²) < 4.78 is 0. The molecule has 1 atom stereocenters. The highest BCUT2D eigenvalue weighted by Crippen LogP contribution is 2.26. The van der Waals surface area contributed by atoms with E-state index in [9.17, 15) is 0 Å². The van der Waals surface area contributed by atoms with Gasteiger partial charge in [-0.05, 0) is 49.1 Å². The second-order valence-electron chi connectivity index (χ2n) is 5.92. The van der Waals surface area contributed by atoms with Gasteiger partial charge in [-0.2, -0.15) is 0 Å². The van der Waals surface area contributed by atoms with Crippen LogP contribution in [0.1, 0.15) is 29.9 Å². The molecule has 0 bridgehead atoms. The van der Waals surface area contributed by atoms with Crippen molar-refractivity contribution in [1.29, 1.82) is 0 Å². The molecule has 0 radical (unpaired) electrons. The van der Waals surface area contributed by atoms with E-state index < -0.39 is 0 Å². The third kappa shape index (κ3) is 4.52. The summed E-state index contributed by atoms with van der Waals surface area (Å²) in [7, 11) is 0. The van der Waals surface area contributed by atoms with Crippen molar-refractivity contribution in [2.24, 2.45) is 0 Å². The summed E-state index contributed by atoms with van der Waals surface area (Å²) in [5.74, 6) is 7.07. The lowest BCUT2D eigenvalue weighted by Gasteiger charge is -2.31. The van der Waals surface area contributed by atoms with Crippen molar-refractivity contribution >= 4 is 23.2 Å². The average Bonchev–Trinajstić information content (AvgIpc) is 2.59. The van der Waals surface area contributed by atoms with E-state index >= 15 is 0 Å². The lowest BCUT2D eigenvalue weighted by Crippen LogP contribution is -2.34. The minimum Gasteiger partial charge on any atom is -0.292 e. The molecule has 2 aromatic carbocycles. The van der Waals surface area contributed by atoms with Crippen LogP contribution < -0.4 is 0 Å². The van der Waals surface area contributed by atoms with Gasteiger partial charge in [0.15, 0.2) is 0 Å². The Morgan fingerprint density at radius 1 is 1.04 bits per heavy atom. The van der Waals surface area contributed by atoms with Crippen molar-refractivity contribution in [3.8, 4) is 11.8 Å². The highest BCUT2D eigenvalue weighted by atomic mass is 35.5. The number of rotatable bonds is 2. The third-order valence-corrected chi connectivity index (χ3v) is 4.97. The number of benzene rings is 2. The van der Waals surface area contributed by atoms with E-state index in [-0.39, 0.29) is 0 Å². The molecule has 0 aromatic heterocycles. The second kappa shape index (κ2) is 7.88. The fourth-order valence-corrected chi connectivity index (χ4v) is 3.32. The van der Waals surface area contributed by atoms with Crippen LogP contribution in [0, 0.1) is 11.8 Å². The molecule has 1 fully saturated rings. The first-order chi connectivity index (χ1) is 11.2. The molecule has 0 aliphatic carbocycles. The van der Waals surface area contributed by atoms with E-state index in [2.05, 4.69) is 47.1 Å². The van der Waals surface area contributed by atoms with Gasteiger partial charge in [-0.3, -0.25) is 4.90 Å². The van der Waals surface area contributed by atoms with Crippen molar-refractivity contribution in [2.75, 3.05) is 19.6 Å². The maximum Gasteiger partial charge on any atom is 0.0605 e. The quantitative estimate of drug-likeness (QED) is 0.675. The maximum absolute atomic E-state index is 6.02. The first-order valence-corrected chi connectivity index (χ1v) is 8.69. The standard InChI is InChI=1S/C20H19Cl2N/c21-19-11-10-16(14-20(19)22)6-4-12-23-13-5-9-18(15-23)17-7-2-1-3-8-17/h1-3,7-8,10-11,14,18H,5,9,12-13,15H2. The largest absolute Gasteiger partial charge is 0.292 e. The van der Waals surface area contributed by atoms with Crippen LogP contribution in [0.25, 0.3) is 0 Å². The van der Waals surface area contributed by atoms with Gasteiger partial charge in [0.2, 0.25) is 0 Å². The predicted octanol–water partition coefficient (Wildman–Crippen LogP) is 5.22. The van der Waals surface area contributed by atoms with Gasteiger partial charge in [-0.15, -0.1) is 0 Å².